The van der Waals surface area contributed by atoms with E-state index in [1.54, 1.807) is 16.0 Å². The first-order valence-corrected chi connectivity index (χ1v) is 9.48. The Labute approximate surface area is 145 Å². The van der Waals surface area contributed by atoms with Gasteiger partial charge in [-0.05, 0) is 56.3 Å². The Morgan fingerprint density at radius 1 is 1.42 bits per heavy atom. The summed E-state index contributed by atoms with van der Waals surface area (Å²) >= 11 is 1.75. The molecule has 2 unspecified atom stereocenters. The number of nitrogens with one attached hydrogen (secondary N) is 2. The Bertz CT molecular complexity index is 746. The zero-order chi connectivity index (χ0) is 16.7. The van der Waals surface area contributed by atoms with Crippen LogP contribution >= 0.6 is 11.3 Å². The lowest BCUT2D eigenvalue weighted by molar-refractivity contribution is -0.117. The number of carbonyl (C=O) groups is 1. The summed E-state index contributed by atoms with van der Waals surface area (Å²) in [5, 5.41) is 13.0. The van der Waals surface area contributed by atoms with Gasteiger partial charge < -0.3 is 5.32 Å². The van der Waals surface area contributed by atoms with Gasteiger partial charge in [-0.3, -0.25) is 10.1 Å². The Morgan fingerprint density at radius 3 is 2.92 bits per heavy atom. The molecule has 1 amide bonds. The summed E-state index contributed by atoms with van der Waals surface area (Å²) in [7, 11) is 1.85. The van der Waals surface area contributed by atoms with Crippen LogP contribution < -0.4 is 10.6 Å². The van der Waals surface area contributed by atoms with Crippen LogP contribution in [0.2, 0.25) is 0 Å². The van der Waals surface area contributed by atoms with E-state index in [4.69, 9.17) is 0 Å². The SMILES string of the molecule is Cc1ccsc1C1CC1C(=O)Nc1nc(C2CCNCC2)nn1C. The van der Waals surface area contributed by atoms with Crippen LogP contribution in [0.5, 0.6) is 0 Å². The summed E-state index contributed by atoms with van der Waals surface area (Å²) in [6.45, 7) is 4.14. The molecule has 0 aromatic carbocycles. The highest BCUT2D eigenvalue weighted by Crippen LogP contribution is 2.50. The van der Waals surface area contributed by atoms with E-state index >= 15 is 0 Å². The van der Waals surface area contributed by atoms with Crippen LogP contribution in [-0.2, 0) is 11.8 Å². The topological polar surface area (TPSA) is 71.8 Å². The van der Waals surface area contributed by atoms with Crippen molar-refractivity contribution in [3.63, 3.8) is 0 Å². The molecule has 0 spiro atoms. The normalized spacial score (nSPS) is 24.1. The minimum Gasteiger partial charge on any atom is -0.317 e. The smallest absolute Gasteiger partial charge is 0.230 e. The second-order valence-electron chi connectivity index (χ2n) is 6.85. The molecular weight excluding hydrogens is 322 g/mol. The number of carbonyl (C=O) groups excluding carboxylic acids is 1. The number of anilines is 1. The van der Waals surface area contributed by atoms with E-state index in [0.29, 0.717) is 17.8 Å². The minimum absolute atomic E-state index is 0.0696. The maximum absolute atomic E-state index is 12.5. The van der Waals surface area contributed by atoms with E-state index in [1.807, 2.05) is 7.05 Å². The van der Waals surface area contributed by atoms with Crippen LogP contribution in [0.15, 0.2) is 11.4 Å². The molecule has 7 heteroatoms. The number of piperidine rings is 1. The van der Waals surface area contributed by atoms with Crippen molar-refractivity contribution in [2.45, 2.75) is 38.0 Å². The third kappa shape index (κ3) is 2.98. The molecule has 0 bridgehead atoms. The van der Waals surface area contributed by atoms with Gasteiger partial charge in [-0.25, -0.2) is 4.68 Å². The number of aromatic nitrogens is 3. The molecule has 2 aliphatic rings. The van der Waals surface area contributed by atoms with E-state index in [-0.39, 0.29) is 11.8 Å². The molecule has 1 saturated heterocycles. The Morgan fingerprint density at radius 2 is 2.21 bits per heavy atom. The van der Waals surface area contributed by atoms with Gasteiger partial charge >= 0.3 is 0 Å². The van der Waals surface area contributed by atoms with Gasteiger partial charge in [0.2, 0.25) is 11.9 Å². The molecule has 2 atom stereocenters. The average molecular weight is 345 g/mol. The Kier molecular flexibility index (Phi) is 4.14. The van der Waals surface area contributed by atoms with Crippen LogP contribution in [0.3, 0.4) is 0 Å². The quantitative estimate of drug-likeness (QED) is 0.892. The summed E-state index contributed by atoms with van der Waals surface area (Å²) in [4.78, 5) is 18.5. The number of amides is 1. The molecule has 1 aliphatic carbocycles. The van der Waals surface area contributed by atoms with Crippen LogP contribution in [0, 0.1) is 12.8 Å². The molecule has 4 rings (SSSR count). The third-order valence-electron chi connectivity index (χ3n) is 5.08. The van der Waals surface area contributed by atoms with Crippen LogP contribution in [0.1, 0.15) is 47.4 Å². The Balaban J connectivity index is 1.41. The van der Waals surface area contributed by atoms with Crippen molar-refractivity contribution in [2.75, 3.05) is 18.4 Å². The van der Waals surface area contributed by atoms with Gasteiger partial charge in [0.15, 0.2) is 5.82 Å². The van der Waals surface area contributed by atoms with Crippen molar-refractivity contribution in [1.29, 1.82) is 0 Å². The molecular formula is C17H23N5OS. The van der Waals surface area contributed by atoms with Gasteiger partial charge in [-0.2, -0.15) is 10.1 Å². The van der Waals surface area contributed by atoms with E-state index in [1.165, 1.54) is 10.4 Å². The van der Waals surface area contributed by atoms with E-state index in [9.17, 15) is 4.79 Å². The van der Waals surface area contributed by atoms with Gasteiger partial charge in [-0.1, -0.05) is 0 Å². The van der Waals surface area contributed by atoms with Gasteiger partial charge in [-0.15, -0.1) is 11.3 Å². The first kappa shape index (κ1) is 15.8. The maximum atomic E-state index is 12.5. The average Bonchev–Trinajstić information content (AvgIpc) is 3.14. The van der Waals surface area contributed by atoms with Gasteiger partial charge in [0, 0.05) is 29.7 Å². The highest BCUT2D eigenvalue weighted by atomic mass is 32.1. The standard InChI is InChI=1S/C17H23N5OS/c1-10-5-8-24-14(10)12-9-13(12)16(23)20-17-19-15(21-22(17)2)11-3-6-18-7-4-11/h5,8,11-13,18H,3-4,6-7,9H2,1-2H3,(H,19,20,21,23). The molecule has 2 aromatic rings. The number of thiophene rings is 1. The zero-order valence-corrected chi connectivity index (χ0v) is 14.9. The van der Waals surface area contributed by atoms with E-state index < -0.39 is 0 Å². The Hall–Kier alpha value is -1.73. The molecule has 1 saturated carbocycles. The number of hydrogen-bond acceptors (Lipinski definition) is 5. The highest BCUT2D eigenvalue weighted by Gasteiger charge is 2.45. The van der Waals surface area contributed by atoms with Crippen molar-refractivity contribution in [2.24, 2.45) is 13.0 Å². The fraction of sp³-hybridized carbons (Fsp3) is 0.588. The summed E-state index contributed by atoms with van der Waals surface area (Å²) in [6, 6.07) is 2.13. The number of aryl methyl sites for hydroxylation is 2. The predicted octanol–water partition coefficient (Wildman–Crippen LogP) is 2.39. The van der Waals surface area contributed by atoms with Gasteiger partial charge in [0.05, 0.1) is 0 Å². The molecule has 24 heavy (non-hydrogen) atoms. The lowest BCUT2D eigenvalue weighted by Crippen LogP contribution is -2.27. The van der Waals surface area contributed by atoms with Crippen molar-refractivity contribution in [3.05, 3.63) is 27.7 Å². The summed E-state index contributed by atoms with van der Waals surface area (Å²) in [6.07, 6.45) is 3.05. The lowest BCUT2D eigenvalue weighted by Gasteiger charge is -2.19. The number of nitrogens with zero attached hydrogens (tertiary/aromatic N) is 3. The molecule has 2 N–H and O–H groups in total. The molecule has 128 valence electrons. The van der Waals surface area contributed by atoms with Gasteiger partial charge in [0.25, 0.3) is 0 Å². The second-order valence-corrected chi connectivity index (χ2v) is 7.79. The highest BCUT2D eigenvalue weighted by molar-refractivity contribution is 7.10. The van der Waals surface area contributed by atoms with Crippen molar-refractivity contribution < 1.29 is 4.79 Å². The van der Waals surface area contributed by atoms with E-state index in [2.05, 4.69) is 39.1 Å². The summed E-state index contributed by atoms with van der Waals surface area (Å²) in [5.41, 5.74) is 1.30. The maximum Gasteiger partial charge on any atom is 0.230 e. The first-order chi connectivity index (χ1) is 11.6. The van der Waals surface area contributed by atoms with Crippen molar-refractivity contribution in [1.82, 2.24) is 20.1 Å². The van der Waals surface area contributed by atoms with Crippen molar-refractivity contribution in [3.8, 4) is 0 Å². The predicted molar refractivity (Wildman–Crippen MR) is 94.4 cm³/mol. The zero-order valence-electron chi connectivity index (χ0n) is 14.1. The molecule has 2 aromatic heterocycles. The molecule has 0 radical (unpaired) electrons. The number of rotatable bonds is 4. The first-order valence-electron chi connectivity index (χ1n) is 8.60. The van der Waals surface area contributed by atoms with E-state index in [0.717, 1.165) is 38.2 Å². The summed E-state index contributed by atoms with van der Waals surface area (Å²) in [5.74, 6) is 2.34. The fourth-order valence-electron chi connectivity index (χ4n) is 3.51. The summed E-state index contributed by atoms with van der Waals surface area (Å²) < 4.78 is 1.70. The lowest BCUT2D eigenvalue weighted by atomic mass is 9.98. The minimum atomic E-state index is 0.0696. The van der Waals surface area contributed by atoms with Crippen LogP contribution in [0.25, 0.3) is 0 Å². The molecule has 3 heterocycles. The largest absolute Gasteiger partial charge is 0.317 e. The monoisotopic (exact) mass is 345 g/mol. The van der Waals surface area contributed by atoms with Crippen LogP contribution in [0.4, 0.5) is 5.95 Å². The third-order valence-corrected chi connectivity index (χ3v) is 6.24. The second kappa shape index (κ2) is 6.29. The number of hydrogen-bond donors (Lipinski definition) is 2. The fourth-order valence-corrected chi connectivity index (χ4v) is 4.62. The van der Waals surface area contributed by atoms with Crippen molar-refractivity contribution >= 4 is 23.2 Å². The van der Waals surface area contributed by atoms with Crippen LogP contribution in [-0.4, -0.2) is 33.8 Å². The molecule has 6 nitrogen and oxygen atoms in total. The molecule has 2 fully saturated rings. The van der Waals surface area contributed by atoms with Gasteiger partial charge in [0.1, 0.15) is 0 Å². The molecule has 1 aliphatic heterocycles.